The Kier molecular flexibility index (Phi) is 3.68. The SMILES string of the molecule is O=C(Nc1cc(Br)ccc1Cl)c1ccc2c(c1)CCN2. The summed E-state index contributed by atoms with van der Waals surface area (Å²) in [5.41, 5.74) is 3.54. The molecule has 20 heavy (non-hydrogen) atoms. The molecule has 0 unspecified atom stereocenters. The first kappa shape index (κ1) is 13.5. The average molecular weight is 352 g/mol. The van der Waals surface area contributed by atoms with Crippen molar-refractivity contribution in [3.8, 4) is 0 Å². The Morgan fingerprint density at radius 3 is 2.95 bits per heavy atom. The van der Waals surface area contributed by atoms with Gasteiger partial charge in [-0.3, -0.25) is 4.79 Å². The number of benzene rings is 2. The molecule has 0 atom stereocenters. The molecule has 2 N–H and O–H groups in total. The summed E-state index contributed by atoms with van der Waals surface area (Å²) in [7, 11) is 0. The maximum absolute atomic E-state index is 12.3. The van der Waals surface area contributed by atoms with E-state index in [9.17, 15) is 4.79 Å². The average Bonchev–Trinajstić information content (AvgIpc) is 2.90. The highest BCUT2D eigenvalue weighted by Gasteiger charge is 2.14. The van der Waals surface area contributed by atoms with Gasteiger partial charge in [0.05, 0.1) is 10.7 Å². The number of amides is 1. The Bertz CT molecular complexity index is 688. The highest BCUT2D eigenvalue weighted by atomic mass is 79.9. The van der Waals surface area contributed by atoms with Gasteiger partial charge in [-0.15, -0.1) is 0 Å². The minimum atomic E-state index is -0.153. The monoisotopic (exact) mass is 350 g/mol. The zero-order valence-electron chi connectivity index (χ0n) is 10.5. The van der Waals surface area contributed by atoms with Crippen molar-refractivity contribution in [1.29, 1.82) is 0 Å². The molecule has 1 aliphatic heterocycles. The Balaban J connectivity index is 1.84. The van der Waals surface area contributed by atoms with Crippen LogP contribution in [0.5, 0.6) is 0 Å². The first-order valence-electron chi connectivity index (χ1n) is 6.27. The molecule has 0 spiro atoms. The summed E-state index contributed by atoms with van der Waals surface area (Å²) in [6.45, 7) is 0.928. The van der Waals surface area contributed by atoms with Crippen LogP contribution in [0.4, 0.5) is 11.4 Å². The van der Waals surface area contributed by atoms with Gasteiger partial charge < -0.3 is 10.6 Å². The van der Waals surface area contributed by atoms with Crippen LogP contribution < -0.4 is 10.6 Å². The topological polar surface area (TPSA) is 41.1 Å². The third kappa shape index (κ3) is 2.67. The number of hydrogen-bond acceptors (Lipinski definition) is 2. The number of rotatable bonds is 2. The van der Waals surface area contributed by atoms with Gasteiger partial charge in [0.2, 0.25) is 0 Å². The van der Waals surface area contributed by atoms with E-state index in [1.165, 1.54) is 5.56 Å². The van der Waals surface area contributed by atoms with Crippen molar-refractivity contribution in [2.75, 3.05) is 17.2 Å². The molecule has 0 saturated carbocycles. The van der Waals surface area contributed by atoms with Gasteiger partial charge in [0.15, 0.2) is 0 Å². The Morgan fingerprint density at radius 1 is 1.25 bits per heavy atom. The first-order valence-corrected chi connectivity index (χ1v) is 7.44. The molecule has 0 saturated heterocycles. The van der Waals surface area contributed by atoms with Crippen LogP contribution in [0.25, 0.3) is 0 Å². The molecule has 0 aromatic heterocycles. The van der Waals surface area contributed by atoms with E-state index in [0.29, 0.717) is 16.3 Å². The van der Waals surface area contributed by atoms with Crippen LogP contribution in [0, 0.1) is 0 Å². The van der Waals surface area contributed by atoms with Gasteiger partial charge in [0.25, 0.3) is 5.91 Å². The summed E-state index contributed by atoms with van der Waals surface area (Å²) < 4.78 is 0.871. The molecule has 0 radical (unpaired) electrons. The van der Waals surface area contributed by atoms with Crippen LogP contribution in [0.15, 0.2) is 40.9 Å². The second-order valence-corrected chi connectivity index (χ2v) is 5.95. The lowest BCUT2D eigenvalue weighted by atomic mass is 10.1. The number of anilines is 2. The largest absolute Gasteiger partial charge is 0.384 e. The van der Waals surface area contributed by atoms with Crippen molar-refractivity contribution in [3.05, 3.63) is 57.0 Å². The quantitative estimate of drug-likeness (QED) is 0.846. The number of carbonyl (C=O) groups excluding carboxylic acids is 1. The molecular formula is C15H12BrClN2O. The van der Waals surface area contributed by atoms with Crippen molar-refractivity contribution < 1.29 is 4.79 Å². The molecule has 0 bridgehead atoms. The predicted octanol–water partition coefficient (Wildman–Crippen LogP) is 4.32. The molecular weight excluding hydrogens is 340 g/mol. The van der Waals surface area contributed by atoms with Gasteiger partial charge >= 0.3 is 0 Å². The molecule has 1 heterocycles. The third-order valence-corrected chi connectivity index (χ3v) is 4.08. The fourth-order valence-electron chi connectivity index (χ4n) is 2.23. The highest BCUT2D eigenvalue weighted by molar-refractivity contribution is 9.10. The summed E-state index contributed by atoms with van der Waals surface area (Å²) in [6, 6.07) is 11.1. The molecule has 3 rings (SSSR count). The molecule has 0 aliphatic carbocycles. The summed E-state index contributed by atoms with van der Waals surface area (Å²) in [5.74, 6) is -0.153. The van der Waals surface area contributed by atoms with Gasteiger partial charge in [-0.05, 0) is 48.4 Å². The van der Waals surface area contributed by atoms with Crippen LogP contribution in [0.3, 0.4) is 0 Å². The lowest BCUT2D eigenvalue weighted by Crippen LogP contribution is -2.12. The summed E-state index contributed by atoms with van der Waals surface area (Å²) in [4.78, 5) is 12.3. The Labute approximate surface area is 130 Å². The van der Waals surface area contributed by atoms with Crippen molar-refractivity contribution in [2.45, 2.75) is 6.42 Å². The van der Waals surface area contributed by atoms with E-state index in [-0.39, 0.29) is 5.91 Å². The van der Waals surface area contributed by atoms with Crippen LogP contribution in [-0.4, -0.2) is 12.5 Å². The van der Waals surface area contributed by atoms with Crippen LogP contribution in [0.2, 0.25) is 5.02 Å². The number of hydrogen-bond donors (Lipinski definition) is 2. The second-order valence-electron chi connectivity index (χ2n) is 4.63. The smallest absolute Gasteiger partial charge is 0.255 e. The molecule has 3 nitrogen and oxygen atoms in total. The third-order valence-electron chi connectivity index (χ3n) is 3.25. The number of carbonyl (C=O) groups is 1. The van der Waals surface area contributed by atoms with Crippen molar-refractivity contribution in [2.24, 2.45) is 0 Å². The molecule has 0 fully saturated rings. The maximum atomic E-state index is 12.3. The van der Waals surface area contributed by atoms with Crippen LogP contribution in [0.1, 0.15) is 15.9 Å². The van der Waals surface area contributed by atoms with Gasteiger partial charge in [0, 0.05) is 22.3 Å². The fourth-order valence-corrected chi connectivity index (χ4v) is 2.76. The molecule has 1 amide bonds. The molecule has 5 heteroatoms. The first-order chi connectivity index (χ1) is 9.63. The standard InChI is InChI=1S/C15H12BrClN2O/c16-11-2-3-12(17)14(8-11)19-15(20)10-1-4-13-9(7-10)5-6-18-13/h1-4,7-8,18H,5-6H2,(H,19,20). The lowest BCUT2D eigenvalue weighted by Gasteiger charge is -2.09. The van der Waals surface area contributed by atoms with Crippen LogP contribution in [-0.2, 0) is 6.42 Å². The second kappa shape index (κ2) is 5.46. The summed E-state index contributed by atoms with van der Waals surface area (Å²) in [5, 5.41) is 6.63. The molecule has 2 aromatic carbocycles. The van der Waals surface area contributed by atoms with E-state index in [1.807, 2.05) is 24.3 Å². The molecule has 102 valence electrons. The van der Waals surface area contributed by atoms with Crippen LogP contribution >= 0.6 is 27.5 Å². The highest BCUT2D eigenvalue weighted by Crippen LogP contribution is 2.27. The van der Waals surface area contributed by atoms with E-state index in [4.69, 9.17) is 11.6 Å². The number of fused-ring (bicyclic) bond motifs is 1. The lowest BCUT2D eigenvalue weighted by molar-refractivity contribution is 0.102. The molecule has 2 aromatic rings. The van der Waals surface area contributed by atoms with Gasteiger partial charge in [-0.1, -0.05) is 27.5 Å². The Morgan fingerprint density at radius 2 is 2.10 bits per heavy atom. The minimum absolute atomic E-state index is 0.153. The number of halogens is 2. The van der Waals surface area contributed by atoms with E-state index >= 15 is 0 Å². The Hall–Kier alpha value is -1.52. The predicted molar refractivity (Wildman–Crippen MR) is 85.7 cm³/mol. The van der Waals surface area contributed by atoms with Gasteiger partial charge in [0.1, 0.15) is 0 Å². The van der Waals surface area contributed by atoms with E-state index in [0.717, 1.165) is 23.1 Å². The number of nitrogens with one attached hydrogen (secondary N) is 2. The maximum Gasteiger partial charge on any atom is 0.255 e. The summed E-state index contributed by atoms with van der Waals surface area (Å²) in [6.07, 6.45) is 0.952. The van der Waals surface area contributed by atoms with E-state index in [2.05, 4.69) is 26.6 Å². The van der Waals surface area contributed by atoms with E-state index < -0.39 is 0 Å². The van der Waals surface area contributed by atoms with Crippen molar-refractivity contribution >= 4 is 44.8 Å². The van der Waals surface area contributed by atoms with E-state index in [1.54, 1.807) is 12.1 Å². The normalized spacial score (nSPS) is 12.7. The van der Waals surface area contributed by atoms with Gasteiger partial charge in [-0.2, -0.15) is 0 Å². The van der Waals surface area contributed by atoms with Crippen molar-refractivity contribution in [1.82, 2.24) is 0 Å². The van der Waals surface area contributed by atoms with Gasteiger partial charge in [-0.25, -0.2) is 0 Å². The zero-order chi connectivity index (χ0) is 14.1. The zero-order valence-corrected chi connectivity index (χ0v) is 12.9. The minimum Gasteiger partial charge on any atom is -0.384 e. The fraction of sp³-hybridized carbons (Fsp3) is 0.133. The summed E-state index contributed by atoms with van der Waals surface area (Å²) >= 11 is 9.44. The van der Waals surface area contributed by atoms with Crippen molar-refractivity contribution in [3.63, 3.8) is 0 Å². The molecule has 1 aliphatic rings.